The third-order valence-corrected chi connectivity index (χ3v) is 6.66. The number of nitrogens with two attached hydrogens (primary N) is 1. The lowest BCUT2D eigenvalue weighted by Gasteiger charge is -2.25. The first kappa shape index (κ1) is 21.8. The molecule has 0 aliphatic carbocycles. The summed E-state index contributed by atoms with van der Waals surface area (Å²) in [6.45, 7) is 5.18. The van der Waals surface area contributed by atoms with Crippen molar-refractivity contribution in [2.24, 2.45) is 0 Å². The number of nitrogen functional groups attached to an aromatic ring is 1. The van der Waals surface area contributed by atoms with Crippen LogP contribution in [0.3, 0.4) is 0 Å². The van der Waals surface area contributed by atoms with Crippen molar-refractivity contribution in [2.75, 3.05) is 18.9 Å². The van der Waals surface area contributed by atoms with Gasteiger partial charge in [0, 0.05) is 22.2 Å². The highest BCUT2D eigenvalue weighted by molar-refractivity contribution is 6.30. The summed E-state index contributed by atoms with van der Waals surface area (Å²) in [7, 11) is 0. The fraction of sp³-hybridized carbons (Fsp3) is 0.231. The van der Waals surface area contributed by atoms with Crippen LogP contribution in [0.1, 0.15) is 28.6 Å². The molecule has 4 heterocycles. The third kappa shape index (κ3) is 3.84. The predicted octanol–water partition coefficient (Wildman–Crippen LogP) is 5.16. The van der Waals surface area contributed by atoms with E-state index >= 15 is 0 Å². The van der Waals surface area contributed by atoms with E-state index in [9.17, 15) is 0 Å². The molecule has 9 heteroatoms. The van der Waals surface area contributed by atoms with Crippen LogP contribution in [0, 0.1) is 13.8 Å². The minimum atomic E-state index is 0.253. The number of hydrogen-bond donors (Lipinski definition) is 1. The molecule has 2 aromatic carbocycles. The Morgan fingerprint density at radius 3 is 2.71 bits per heavy atom. The van der Waals surface area contributed by atoms with E-state index in [0.717, 1.165) is 50.2 Å². The molecule has 0 saturated carbocycles. The fourth-order valence-electron chi connectivity index (χ4n) is 4.62. The fourth-order valence-corrected chi connectivity index (χ4v) is 4.83. The van der Waals surface area contributed by atoms with Crippen LogP contribution < -0.4 is 5.73 Å². The van der Waals surface area contributed by atoms with Crippen molar-refractivity contribution in [3.8, 4) is 22.5 Å². The van der Waals surface area contributed by atoms with E-state index in [1.165, 1.54) is 0 Å². The van der Waals surface area contributed by atoms with Crippen molar-refractivity contribution in [3.63, 3.8) is 0 Å². The number of aromatic nitrogens is 5. The van der Waals surface area contributed by atoms with Gasteiger partial charge in [0.05, 0.1) is 42.2 Å². The molecule has 35 heavy (non-hydrogen) atoms. The average Bonchev–Trinajstić information content (AvgIpc) is 3.39. The highest BCUT2D eigenvalue weighted by Crippen LogP contribution is 2.38. The molecule has 0 atom stereocenters. The maximum atomic E-state index is 6.62. The molecule has 1 aliphatic rings. The van der Waals surface area contributed by atoms with Gasteiger partial charge in [-0.15, -0.1) is 0 Å². The first-order valence-corrected chi connectivity index (χ1v) is 11.7. The summed E-state index contributed by atoms with van der Waals surface area (Å²) in [6.07, 6.45) is 4.31. The quantitative estimate of drug-likeness (QED) is 0.365. The van der Waals surface area contributed by atoms with E-state index < -0.39 is 0 Å². The van der Waals surface area contributed by atoms with Gasteiger partial charge in [-0.3, -0.25) is 4.68 Å². The molecule has 176 valence electrons. The Bertz CT molecular complexity index is 1550. The van der Waals surface area contributed by atoms with Gasteiger partial charge in [-0.1, -0.05) is 35.0 Å². The molecule has 1 fully saturated rings. The molecule has 0 amide bonds. The molecule has 6 rings (SSSR count). The van der Waals surface area contributed by atoms with Crippen LogP contribution in [0.4, 0.5) is 5.82 Å². The second-order valence-electron chi connectivity index (χ2n) is 8.82. The lowest BCUT2D eigenvalue weighted by Crippen LogP contribution is -2.30. The van der Waals surface area contributed by atoms with Gasteiger partial charge in [-0.2, -0.15) is 5.10 Å². The Kier molecular flexibility index (Phi) is 5.27. The summed E-state index contributed by atoms with van der Waals surface area (Å²) in [5.41, 5.74) is 13.0. The molecule has 0 radical (unpaired) electrons. The minimum Gasteiger partial charge on any atom is -0.383 e. The minimum absolute atomic E-state index is 0.253. The van der Waals surface area contributed by atoms with Crippen molar-refractivity contribution < 1.29 is 9.26 Å². The molecule has 3 aromatic heterocycles. The Morgan fingerprint density at radius 2 is 2.00 bits per heavy atom. The Hall–Kier alpha value is -3.75. The van der Waals surface area contributed by atoms with Gasteiger partial charge in [0.2, 0.25) is 0 Å². The number of aryl methyl sites for hydroxylation is 2. The van der Waals surface area contributed by atoms with Crippen LogP contribution in [-0.4, -0.2) is 38.1 Å². The maximum Gasteiger partial charge on any atom is 0.165 e. The Morgan fingerprint density at radius 1 is 1.14 bits per heavy atom. The second-order valence-corrected chi connectivity index (χ2v) is 9.26. The van der Waals surface area contributed by atoms with Gasteiger partial charge in [-0.05, 0) is 55.2 Å². The molecule has 2 N–H and O–H groups in total. The first-order chi connectivity index (χ1) is 17.0. The van der Waals surface area contributed by atoms with Crippen molar-refractivity contribution in [1.82, 2.24) is 24.9 Å². The van der Waals surface area contributed by atoms with Crippen LogP contribution in [0.5, 0.6) is 0 Å². The molecule has 8 nitrogen and oxygen atoms in total. The predicted molar refractivity (Wildman–Crippen MR) is 134 cm³/mol. The van der Waals surface area contributed by atoms with E-state index in [2.05, 4.69) is 16.3 Å². The number of rotatable bonds is 5. The Balaban J connectivity index is 1.52. The highest BCUT2D eigenvalue weighted by Gasteiger charge is 2.23. The molecule has 0 unspecified atom stereocenters. The van der Waals surface area contributed by atoms with E-state index in [1.807, 2.05) is 55.1 Å². The molecule has 0 bridgehead atoms. The molecule has 1 saturated heterocycles. The first-order valence-electron chi connectivity index (χ1n) is 11.4. The summed E-state index contributed by atoms with van der Waals surface area (Å²) < 4.78 is 12.7. The van der Waals surface area contributed by atoms with Crippen LogP contribution in [-0.2, 0) is 11.2 Å². The topological polar surface area (TPSA) is 105 Å². The van der Waals surface area contributed by atoms with Gasteiger partial charge >= 0.3 is 0 Å². The lowest BCUT2D eigenvalue weighted by atomic mass is 9.91. The zero-order valence-electron chi connectivity index (χ0n) is 19.3. The number of halogens is 1. The van der Waals surface area contributed by atoms with Gasteiger partial charge < -0.3 is 15.0 Å². The average molecular weight is 487 g/mol. The molecule has 0 spiro atoms. The van der Waals surface area contributed by atoms with Crippen molar-refractivity contribution in [3.05, 3.63) is 76.4 Å². The largest absolute Gasteiger partial charge is 0.383 e. The van der Waals surface area contributed by atoms with Crippen molar-refractivity contribution in [2.45, 2.75) is 26.3 Å². The van der Waals surface area contributed by atoms with Crippen LogP contribution in [0.15, 0.2) is 53.3 Å². The van der Waals surface area contributed by atoms with E-state index in [-0.39, 0.29) is 6.04 Å². The summed E-state index contributed by atoms with van der Waals surface area (Å²) in [6, 6.07) is 12.1. The SMILES string of the molecule is Cc1noc(C)c1-c1ccc2nc(-c3cnn(C4COC4)c3)nc(N)c2c1Cc1cccc(Cl)c1. The van der Waals surface area contributed by atoms with Gasteiger partial charge in [0.1, 0.15) is 11.6 Å². The number of ether oxygens (including phenoxy) is 1. The molecule has 1 aliphatic heterocycles. The second kappa shape index (κ2) is 8.48. The van der Waals surface area contributed by atoms with Gasteiger partial charge in [0.25, 0.3) is 0 Å². The van der Waals surface area contributed by atoms with Crippen molar-refractivity contribution in [1.29, 1.82) is 0 Å². The zero-order chi connectivity index (χ0) is 24.1. The van der Waals surface area contributed by atoms with Crippen LogP contribution >= 0.6 is 11.6 Å². The summed E-state index contributed by atoms with van der Waals surface area (Å²) in [5, 5.41) is 10.1. The van der Waals surface area contributed by atoms with Gasteiger partial charge in [-0.25, -0.2) is 9.97 Å². The van der Waals surface area contributed by atoms with Crippen LogP contribution in [0.2, 0.25) is 5.02 Å². The molecular formula is C26H23ClN6O2. The van der Waals surface area contributed by atoms with Crippen molar-refractivity contribution >= 4 is 28.3 Å². The smallest absolute Gasteiger partial charge is 0.165 e. The van der Waals surface area contributed by atoms with Crippen LogP contribution in [0.25, 0.3) is 33.4 Å². The molecule has 5 aromatic rings. The summed E-state index contributed by atoms with van der Waals surface area (Å²) >= 11 is 6.29. The Labute approximate surface area is 206 Å². The number of hydrogen-bond acceptors (Lipinski definition) is 7. The maximum absolute atomic E-state index is 6.62. The van der Waals surface area contributed by atoms with E-state index in [0.29, 0.717) is 36.3 Å². The summed E-state index contributed by atoms with van der Waals surface area (Å²) in [4.78, 5) is 9.56. The number of fused-ring (bicyclic) bond motifs is 1. The monoisotopic (exact) mass is 486 g/mol. The molecular weight excluding hydrogens is 464 g/mol. The third-order valence-electron chi connectivity index (χ3n) is 6.43. The standard InChI is InChI=1S/C26H23ClN6O2/c1-14-23(15(2)35-32-14)20-6-7-22-24(21(20)9-16-4-3-5-18(27)8-16)25(28)31-26(30-22)17-10-29-33(11-17)19-12-34-13-19/h3-8,10-11,19H,9,12-13H2,1-2H3,(H2,28,30,31). The van der Waals surface area contributed by atoms with E-state index in [4.69, 9.17) is 36.6 Å². The number of anilines is 1. The zero-order valence-corrected chi connectivity index (χ0v) is 20.1. The summed E-state index contributed by atoms with van der Waals surface area (Å²) in [5.74, 6) is 1.70. The van der Waals surface area contributed by atoms with E-state index in [1.54, 1.807) is 6.20 Å². The number of benzene rings is 2. The highest BCUT2D eigenvalue weighted by atomic mass is 35.5. The van der Waals surface area contributed by atoms with Gasteiger partial charge in [0.15, 0.2) is 5.82 Å². The lowest BCUT2D eigenvalue weighted by molar-refractivity contribution is -0.0286. The normalized spacial score (nSPS) is 13.9. The number of nitrogens with zero attached hydrogens (tertiary/aromatic N) is 5.